The fourth-order valence-corrected chi connectivity index (χ4v) is 2.07. The van der Waals surface area contributed by atoms with Crippen LogP contribution in [-0.2, 0) is 0 Å². The second-order valence-electron chi connectivity index (χ2n) is 5.31. The predicted octanol–water partition coefficient (Wildman–Crippen LogP) is 3.22. The Hall–Kier alpha value is -3.02. The highest BCUT2D eigenvalue weighted by molar-refractivity contribution is 5.95. The Labute approximate surface area is 147 Å². The highest BCUT2D eigenvalue weighted by Gasteiger charge is 2.06. The van der Waals surface area contributed by atoms with Gasteiger partial charge in [-0.25, -0.2) is 5.43 Å². The summed E-state index contributed by atoms with van der Waals surface area (Å²) in [5, 5.41) is 3.98. The molecule has 25 heavy (non-hydrogen) atoms. The minimum Gasteiger partial charge on any atom is -0.490 e. The molecule has 0 heterocycles. The van der Waals surface area contributed by atoms with Crippen LogP contribution in [0.1, 0.15) is 36.2 Å². The molecule has 2 rings (SSSR count). The lowest BCUT2D eigenvalue weighted by atomic mass is 10.2. The molecule has 0 radical (unpaired) electrons. The molecular formula is C19H23N3O3. The number of amides is 1. The third kappa shape index (κ3) is 5.53. The van der Waals surface area contributed by atoms with Crippen molar-refractivity contribution in [2.45, 2.75) is 20.3 Å². The van der Waals surface area contributed by atoms with Crippen LogP contribution in [0.5, 0.6) is 11.5 Å². The van der Waals surface area contributed by atoms with Gasteiger partial charge in [-0.15, -0.1) is 0 Å². The zero-order chi connectivity index (χ0) is 18.1. The van der Waals surface area contributed by atoms with Gasteiger partial charge in [-0.05, 0) is 61.4 Å². The summed E-state index contributed by atoms with van der Waals surface area (Å²) in [4.78, 5) is 12.0. The van der Waals surface area contributed by atoms with Gasteiger partial charge in [0.15, 0.2) is 11.5 Å². The van der Waals surface area contributed by atoms with Crippen molar-refractivity contribution in [2.24, 2.45) is 5.10 Å². The van der Waals surface area contributed by atoms with Gasteiger partial charge in [0.1, 0.15) is 0 Å². The number of anilines is 1. The number of nitrogens with zero attached hydrogens (tertiary/aromatic N) is 1. The van der Waals surface area contributed by atoms with Crippen LogP contribution in [0.4, 0.5) is 5.69 Å². The molecule has 6 nitrogen and oxygen atoms in total. The average Bonchev–Trinajstić information content (AvgIpc) is 2.62. The Bertz CT molecular complexity index is 727. The Morgan fingerprint density at radius 1 is 1.12 bits per heavy atom. The van der Waals surface area contributed by atoms with Gasteiger partial charge in [0.2, 0.25) is 0 Å². The van der Waals surface area contributed by atoms with E-state index < -0.39 is 0 Å². The number of nitrogens with two attached hydrogens (primary N) is 1. The van der Waals surface area contributed by atoms with E-state index in [1.54, 1.807) is 30.5 Å². The number of nitrogen functional groups attached to an aromatic ring is 1. The van der Waals surface area contributed by atoms with Crippen LogP contribution in [-0.4, -0.2) is 25.3 Å². The normalized spacial score (nSPS) is 10.6. The molecule has 0 fully saturated rings. The molecule has 0 saturated carbocycles. The molecule has 6 heteroatoms. The monoisotopic (exact) mass is 341 g/mol. The smallest absolute Gasteiger partial charge is 0.271 e. The summed E-state index contributed by atoms with van der Waals surface area (Å²) >= 11 is 0. The van der Waals surface area contributed by atoms with E-state index in [1.807, 2.05) is 32.0 Å². The first-order valence-electron chi connectivity index (χ1n) is 8.22. The van der Waals surface area contributed by atoms with E-state index in [9.17, 15) is 4.79 Å². The lowest BCUT2D eigenvalue weighted by Crippen LogP contribution is -2.17. The van der Waals surface area contributed by atoms with Gasteiger partial charge in [-0.1, -0.05) is 6.92 Å². The van der Waals surface area contributed by atoms with E-state index in [1.165, 1.54) is 0 Å². The number of nitrogens with one attached hydrogen (secondary N) is 1. The molecule has 0 aliphatic carbocycles. The number of ether oxygens (including phenoxy) is 2. The maximum Gasteiger partial charge on any atom is 0.271 e. The minimum absolute atomic E-state index is 0.302. The predicted molar refractivity (Wildman–Crippen MR) is 99.3 cm³/mol. The van der Waals surface area contributed by atoms with Crippen molar-refractivity contribution >= 4 is 17.8 Å². The maximum absolute atomic E-state index is 12.0. The molecule has 0 spiro atoms. The Morgan fingerprint density at radius 2 is 1.88 bits per heavy atom. The first kappa shape index (κ1) is 18.3. The maximum atomic E-state index is 12.0. The van der Waals surface area contributed by atoms with Crippen molar-refractivity contribution in [1.29, 1.82) is 0 Å². The first-order chi connectivity index (χ1) is 12.1. The second-order valence-corrected chi connectivity index (χ2v) is 5.31. The first-order valence-corrected chi connectivity index (χ1v) is 8.22. The topological polar surface area (TPSA) is 85.9 Å². The summed E-state index contributed by atoms with van der Waals surface area (Å²) in [5.74, 6) is 1.06. The van der Waals surface area contributed by atoms with Crippen LogP contribution < -0.4 is 20.6 Å². The fourth-order valence-electron chi connectivity index (χ4n) is 2.07. The molecule has 2 aromatic rings. The van der Waals surface area contributed by atoms with Crippen molar-refractivity contribution in [3.8, 4) is 11.5 Å². The summed E-state index contributed by atoms with van der Waals surface area (Å²) in [5.41, 5.74) is 9.98. The summed E-state index contributed by atoms with van der Waals surface area (Å²) in [7, 11) is 0. The number of carbonyl (C=O) groups excluding carboxylic acids is 1. The summed E-state index contributed by atoms with van der Waals surface area (Å²) in [6.07, 6.45) is 2.48. The number of hydrogen-bond donors (Lipinski definition) is 2. The van der Waals surface area contributed by atoms with E-state index in [-0.39, 0.29) is 5.91 Å². The summed E-state index contributed by atoms with van der Waals surface area (Å²) in [6.45, 7) is 5.13. The number of hydrogen-bond acceptors (Lipinski definition) is 5. The van der Waals surface area contributed by atoms with Gasteiger partial charge in [0.25, 0.3) is 5.91 Å². The van der Waals surface area contributed by atoms with Gasteiger partial charge in [-0.3, -0.25) is 4.79 Å². The van der Waals surface area contributed by atoms with E-state index in [2.05, 4.69) is 10.5 Å². The van der Waals surface area contributed by atoms with E-state index in [4.69, 9.17) is 15.2 Å². The largest absolute Gasteiger partial charge is 0.490 e. The Kier molecular flexibility index (Phi) is 6.83. The van der Waals surface area contributed by atoms with Crippen molar-refractivity contribution in [2.75, 3.05) is 18.9 Å². The lowest BCUT2D eigenvalue weighted by molar-refractivity contribution is 0.0955. The standard InChI is InChI=1S/C19H23N3O3/c1-3-11-25-17-10-5-14(12-18(17)24-4-2)13-21-22-19(23)15-6-8-16(20)9-7-15/h5-10,12-13H,3-4,11,20H2,1-2H3,(H,22,23)/b21-13-. The molecule has 0 bridgehead atoms. The van der Waals surface area contributed by atoms with Crippen LogP contribution in [0.25, 0.3) is 0 Å². The molecule has 0 aliphatic rings. The van der Waals surface area contributed by atoms with Crippen molar-refractivity contribution in [3.05, 3.63) is 53.6 Å². The molecule has 1 amide bonds. The lowest BCUT2D eigenvalue weighted by Gasteiger charge is -2.11. The molecule has 0 saturated heterocycles. The van der Waals surface area contributed by atoms with Crippen LogP contribution in [0, 0.1) is 0 Å². The molecule has 3 N–H and O–H groups in total. The van der Waals surface area contributed by atoms with Crippen LogP contribution in [0.3, 0.4) is 0 Å². The molecule has 0 aliphatic heterocycles. The van der Waals surface area contributed by atoms with Crippen LogP contribution in [0.15, 0.2) is 47.6 Å². The molecule has 132 valence electrons. The number of rotatable bonds is 8. The molecule has 2 aromatic carbocycles. The van der Waals surface area contributed by atoms with Crippen molar-refractivity contribution in [3.63, 3.8) is 0 Å². The van der Waals surface area contributed by atoms with Crippen molar-refractivity contribution in [1.82, 2.24) is 5.43 Å². The third-order valence-electron chi connectivity index (χ3n) is 3.28. The van der Waals surface area contributed by atoms with E-state index in [0.29, 0.717) is 36.0 Å². The number of benzene rings is 2. The van der Waals surface area contributed by atoms with Crippen LogP contribution >= 0.6 is 0 Å². The molecule has 0 aromatic heterocycles. The van der Waals surface area contributed by atoms with Gasteiger partial charge in [-0.2, -0.15) is 5.10 Å². The fraction of sp³-hybridized carbons (Fsp3) is 0.263. The van der Waals surface area contributed by atoms with Gasteiger partial charge in [0, 0.05) is 11.3 Å². The quantitative estimate of drug-likeness (QED) is 0.438. The summed E-state index contributed by atoms with van der Waals surface area (Å²) < 4.78 is 11.3. The van der Waals surface area contributed by atoms with Crippen molar-refractivity contribution < 1.29 is 14.3 Å². The average molecular weight is 341 g/mol. The number of hydrazone groups is 1. The number of carbonyl (C=O) groups is 1. The molecule has 0 atom stereocenters. The third-order valence-corrected chi connectivity index (χ3v) is 3.28. The zero-order valence-electron chi connectivity index (χ0n) is 14.5. The highest BCUT2D eigenvalue weighted by Crippen LogP contribution is 2.28. The molecule has 0 unspecified atom stereocenters. The Balaban J connectivity index is 2.03. The molecular weight excluding hydrogens is 318 g/mol. The minimum atomic E-state index is -0.302. The van der Waals surface area contributed by atoms with Gasteiger partial charge < -0.3 is 15.2 Å². The summed E-state index contributed by atoms with van der Waals surface area (Å²) in [6, 6.07) is 12.1. The zero-order valence-corrected chi connectivity index (χ0v) is 14.5. The van der Waals surface area contributed by atoms with Gasteiger partial charge >= 0.3 is 0 Å². The van der Waals surface area contributed by atoms with E-state index in [0.717, 1.165) is 12.0 Å². The second kappa shape index (κ2) is 9.32. The highest BCUT2D eigenvalue weighted by atomic mass is 16.5. The Morgan fingerprint density at radius 3 is 2.56 bits per heavy atom. The van der Waals surface area contributed by atoms with Gasteiger partial charge in [0.05, 0.1) is 19.4 Å². The van der Waals surface area contributed by atoms with E-state index >= 15 is 0 Å². The SMILES string of the molecule is CCCOc1ccc(/C=N\NC(=O)c2ccc(N)cc2)cc1OCC. The van der Waals surface area contributed by atoms with Crippen LogP contribution in [0.2, 0.25) is 0 Å².